The minimum atomic E-state index is -0.278. The molecule has 3 aromatic rings. The van der Waals surface area contributed by atoms with Crippen molar-refractivity contribution in [2.24, 2.45) is 4.99 Å². The number of carbonyl (C=O) groups excluding carboxylic acids is 1. The first-order chi connectivity index (χ1) is 11.2. The third-order valence-electron chi connectivity index (χ3n) is 3.45. The molecule has 5 heteroatoms. The number of carbonyl (C=O) groups is 1. The Morgan fingerprint density at radius 3 is 2.52 bits per heavy atom. The molecule has 23 heavy (non-hydrogen) atoms. The van der Waals surface area contributed by atoms with E-state index in [2.05, 4.69) is 15.0 Å². The predicted octanol–water partition coefficient (Wildman–Crippen LogP) is 2.68. The Morgan fingerprint density at radius 2 is 1.83 bits per heavy atom. The number of ether oxygens (including phenoxy) is 1. The molecule has 0 bridgehead atoms. The molecule has 0 radical (unpaired) electrons. The number of benzene rings is 2. The van der Waals surface area contributed by atoms with Crippen molar-refractivity contribution in [3.8, 4) is 5.75 Å². The maximum Gasteiger partial charge on any atom is 0.280 e. The molecular weight excluding hydrogens is 290 g/mol. The third kappa shape index (κ3) is 3.77. The van der Waals surface area contributed by atoms with Gasteiger partial charge in [-0.1, -0.05) is 30.3 Å². The highest BCUT2D eigenvalue weighted by molar-refractivity contribution is 5.94. The summed E-state index contributed by atoms with van der Waals surface area (Å²) in [6.07, 6.45) is 2.54. The van der Waals surface area contributed by atoms with Gasteiger partial charge in [0.05, 0.1) is 7.11 Å². The van der Waals surface area contributed by atoms with Crippen LogP contribution >= 0.6 is 0 Å². The van der Waals surface area contributed by atoms with Gasteiger partial charge in [-0.3, -0.25) is 4.79 Å². The summed E-state index contributed by atoms with van der Waals surface area (Å²) in [7, 11) is 1.65. The van der Waals surface area contributed by atoms with Gasteiger partial charge < -0.3 is 14.7 Å². The summed E-state index contributed by atoms with van der Waals surface area (Å²) in [6.45, 7) is 0. The first-order valence-corrected chi connectivity index (χ1v) is 7.28. The molecular formula is C18H17N3O2. The van der Waals surface area contributed by atoms with Crippen LogP contribution in [0.5, 0.6) is 5.75 Å². The van der Waals surface area contributed by atoms with Crippen molar-refractivity contribution in [2.45, 2.75) is 6.42 Å². The monoisotopic (exact) mass is 307 g/mol. The van der Waals surface area contributed by atoms with Gasteiger partial charge in [0.25, 0.3) is 5.91 Å². The van der Waals surface area contributed by atoms with E-state index in [1.807, 2.05) is 48.7 Å². The Hall–Kier alpha value is -3.08. The standard InChI is InChI=1S/C18H17N3O2/c1-23-16-9-7-13(8-10-16)11-15-12-19-18(20-15)21-17(22)14-5-3-2-4-6-14/h2-10,12H,11H2,1H3,(H2,19,20,21,22). The first kappa shape index (κ1) is 14.8. The summed E-state index contributed by atoms with van der Waals surface area (Å²) in [4.78, 5) is 22.2. The van der Waals surface area contributed by atoms with Crippen LogP contribution < -0.4 is 10.4 Å². The van der Waals surface area contributed by atoms with Crippen molar-refractivity contribution in [1.82, 2.24) is 9.97 Å². The van der Waals surface area contributed by atoms with Crippen LogP contribution in [0, 0.1) is 0 Å². The van der Waals surface area contributed by atoms with Crippen LogP contribution in [-0.4, -0.2) is 23.0 Å². The van der Waals surface area contributed by atoms with E-state index in [0.29, 0.717) is 11.2 Å². The van der Waals surface area contributed by atoms with E-state index in [-0.39, 0.29) is 5.91 Å². The molecule has 2 aromatic carbocycles. The van der Waals surface area contributed by atoms with Crippen molar-refractivity contribution in [3.05, 3.63) is 83.2 Å². The van der Waals surface area contributed by atoms with Crippen LogP contribution in [0.25, 0.3) is 0 Å². The Labute approximate surface area is 133 Å². The lowest BCUT2D eigenvalue weighted by molar-refractivity contribution is 0.0997. The maximum absolute atomic E-state index is 12.0. The van der Waals surface area contributed by atoms with Gasteiger partial charge in [0.1, 0.15) is 5.75 Å². The zero-order valence-electron chi connectivity index (χ0n) is 12.7. The zero-order valence-corrected chi connectivity index (χ0v) is 12.7. The summed E-state index contributed by atoms with van der Waals surface area (Å²) in [5.41, 5.74) is 3.10. The summed E-state index contributed by atoms with van der Waals surface area (Å²) in [5.74, 6) is 0.552. The Balaban J connectivity index is 1.74. The van der Waals surface area contributed by atoms with E-state index in [0.717, 1.165) is 23.4 Å². The SMILES string of the molecule is COc1ccc(Cc2c[nH]c(=NC(=O)c3ccccc3)[nH]2)cc1. The second-order valence-electron chi connectivity index (χ2n) is 5.10. The molecule has 0 aliphatic heterocycles. The molecule has 1 aromatic heterocycles. The zero-order chi connectivity index (χ0) is 16.1. The van der Waals surface area contributed by atoms with Crippen molar-refractivity contribution >= 4 is 5.91 Å². The summed E-state index contributed by atoms with van der Waals surface area (Å²) >= 11 is 0. The molecule has 1 heterocycles. The lowest BCUT2D eigenvalue weighted by Gasteiger charge is -2.01. The molecule has 0 aliphatic carbocycles. The summed E-state index contributed by atoms with van der Waals surface area (Å²) < 4.78 is 5.14. The van der Waals surface area contributed by atoms with Crippen molar-refractivity contribution < 1.29 is 9.53 Å². The maximum atomic E-state index is 12.0. The van der Waals surface area contributed by atoms with E-state index in [4.69, 9.17) is 4.74 Å². The van der Waals surface area contributed by atoms with Gasteiger partial charge in [-0.05, 0) is 29.8 Å². The molecule has 116 valence electrons. The van der Waals surface area contributed by atoms with Crippen molar-refractivity contribution in [3.63, 3.8) is 0 Å². The fraction of sp³-hybridized carbons (Fsp3) is 0.111. The molecule has 0 saturated carbocycles. The first-order valence-electron chi connectivity index (χ1n) is 7.28. The van der Waals surface area contributed by atoms with Gasteiger partial charge in [0.15, 0.2) is 0 Å². The molecule has 3 rings (SSSR count). The molecule has 2 N–H and O–H groups in total. The topological polar surface area (TPSA) is 70.2 Å². The van der Waals surface area contributed by atoms with Gasteiger partial charge in [-0.2, -0.15) is 4.99 Å². The lowest BCUT2D eigenvalue weighted by Crippen LogP contribution is -2.10. The van der Waals surface area contributed by atoms with E-state index in [9.17, 15) is 4.79 Å². The number of H-pyrrole nitrogens is 2. The molecule has 1 amide bonds. The van der Waals surface area contributed by atoms with E-state index >= 15 is 0 Å². The molecule has 0 spiro atoms. The number of nitrogens with one attached hydrogen (secondary N) is 2. The predicted molar refractivity (Wildman–Crippen MR) is 87.3 cm³/mol. The number of hydrogen-bond donors (Lipinski definition) is 2. The average molecular weight is 307 g/mol. The second-order valence-corrected chi connectivity index (χ2v) is 5.10. The molecule has 0 saturated heterocycles. The highest BCUT2D eigenvalue weighted by Gasteiger charge is 2.03. The summed E-state index contributed by atoms with van der Waals surface area (Å²) in [5, 5.41) is 0. The molecule has 0 fully saturated rings. The second kappa shape index (κ2) is 6.79. The van der Waals surface area contributed by atoms with Gasteiger partial charge in [-0.25, -0.2) is 0 Å². The quantitative estimate of drug-likeness (QED) is 0.778. The minimum absolute atomic E-state index is 0.278. The van der Waals surface area contributed by atoms with Crippen LogP contribution in [0.4, 0.5) is 0 Å². The van der Waals surface area contributed by atoms with Crippen LogP contribution in [0.1, 0.15) is 21.6 Å². The molecule has 5 nitrogen and oxygen atoms in total. The third-order valence-corrected chi connectivity index (χ3v) is 3.45. The largest absolute Gasteiger partial charge is 0.497 e. The fourth-order valence-electron chi connectivity index (χ4n) is 2.25. The van der Waals surface area contributed by atoms with Crippen LogP contribution in [0.2, 0.25) is 0 Å². The molecule has 0 unspecified atom stereocenters. The van der Waals surface area contributed by atoms with Gasteiger partial charge in [-0.15, -0.1) is 0 Å². The highest BCUT2D eigenvalue weighted by atomic mass is 16.5. The number of nitrogens with zero attached hydrogens (tertiary/aromatic N) is 1. The number of hydrogen-bond acceptors (Lipinski definition) is 2. The Morgan fingerprint density at radius 1 is 1.09 bits per heavy atom. The highest BCUT2D eigenvalue weighted by Crippen LogP contribution is 2.13. The Kier molecular flexibility index (Phi) is 4.38. The Bertz CT molecular complexity index is 846. The molecule has 0 atom stereocenters. The number of rotatable bonds is 4. The van der Waals surface area contributed by atoms with Gasteiger partial charge >= 0.3 is 0 Å². The van der Waals surface area contributed by atoms with Gasteiger partial charge in [0, 0.05) is 23.9 Å². The normalized spacial score (nSPS) is 11.4. The number of aromatic nitrogens is 2. The van der Waals surface area contributed by atoms with Crippen LogP contribution in [0.15, 0.2) is 65.8 Å². The summed E-state index contributed by atoms with van der Waals surface area (Å²) in [6, 6.07) is 16.8. The van der Waals surface area contributed by atoms with Crippen LogP contribution in [0.3, 0.4) is 0 Å². The number of imidazole rings is 1. The van der Waals surface area contributed by atoms with Crippen LogP contribution in [-0.2, 0) is 6.42 Å². The number of amides is 1. The minimum Gasteiger partial charge on any atom is -0.497 e. The number of aromatic amines is 2. The van der Waals surface area contributed by atoms with Crippen molar-refractivity contribution in [2.75, 3.05) is 7.11 Å². The van der Waals surface area contributed by atoms with Gasteiger partial charge in [0.2, 0.25) is 5.62 Å². The average Bonchev–Trinajstić information content (AvgIpc) is 3.03. The van der Waals surface area contributed by atoms with E-state index in [1.54, 1.807) is 19.2 Å². The number of methoxy groups -OCH3 is 1. The van der Waals surface area contributed by atoms with E-state index in [1.165, 1.54) is 0 Å². The smallest absolute Gasteiger partial charge is 0.280 e. The molecule has 0 aliphatic rings. The lowest BCUT2D eigenvalue weighted by atomic mass is 10.1. The van der Waals surface area contributed by atoms with E-state index < -0.39 is 0 Å². The fourth-order valence-corrected chi connectivity index (χ4v) is 2.25. The van der Waals surface area contributed by atoms with Crippen molar-refractivity contribution in [1.29, 1.82) is 0 Å².